The van der Waals surface area contributed by atoms with Crippen LogP contribution in [0.15, 0.2) is 29.1 Å². The third-order valence-electron chi connectivity index (χ3n) is 4.40. The second-order valence-corrected chi connectivity index (χ2v) is 6.16. The Bertz CT molecular complexity index is 843. The predicted molar refractivity (Wildman–Crippen MR) is 92.2 cm³/mol. The molecular weight excluding hydrogens is 338 g/mol. The van der Waals surface area contributed by atoms with E-state index in [9.17, 15) is 14.4 Å². The molecule has 0 spiro atoms. The van der Waals surface area contributed by atoms with Gasteiger partial charge in [0, 0.05) is 25.1 Å². The van der Waals surface area contributed by atoms with Crippen molar-refractivity contribution in [2.75, 3.05) is 13.7 Å². The molecule has 1 aliphatic heterocycles. The molecule has 2 amide bonds. The number of likely N-dealkylation sites (tertiary alicyclic amines) is 1. The third kappa shape index (κ3) is 4.11. The minimum absolute atomic E-state index is 0.0246. The highest BCUT2D eigenvalue weighted by molar-refractivity contribution is 5.83. The molecule has 3 rings (SSSR count). The summed E-state index contributed by atoms with van der Waals surface area (Å²) >= 11 is 0. The van der Waals surface area contributed by atoms with E-state index in [0.29, 0.717) is 31.8 Å². The summed E-state index contributed by atoms with van der Waals surface area (Å²) in [5.74, 6) is 0.645. The van der Waals surface area contributed by atoms with Gasteiger partial charge in [-0.15, -0.1) is 0 Å². The van der Waals surface area contributed by atoms with Gasteiger partial charge in [-0.25, -0.2) is 9.89 Å². The lowest BCUT2D eigenvalue weighted by molar-refractivity contribution is -0.139. The molecule has 2 heterocycles. The van der Waals surface area contributed by atoms with Crippen LogP contribution in [-0.2, 0) is 22.7 Å². The van der Waals surface area contributed by atoms with Gasteiger partial charge >= 0.3 is 5.69 Å². The summed E-state index contributed by atoms with van der Waals surface area (Å²) < 4.78 is 5.33. The van der Waals surface area contributed by atoms with Gasteiger partial charge in [0.25, 0.3) is 0 Å². The fourth-order valence-corrected chi connectivity index (χ4v) is 3.03. The minimum atomic E-state index is -0.416. The van der Waals surface area contributed by atoms with Gasteiger partial charge < -0.3 is 15.0 Å². The fraction of sp³-hybridized carbons (Fsp3) is 0.412. The monoisotopic (exact) mass is 359 g/mol. The first-order valence-corrected chi connectivity index (χ1v) is 8.37. The molecule has 1 fully saturated rings. The largest absolute Gasteiger partial charge is 0.496 e. The topological polar surface area (TPSA) is 120 Å². The van der Waals surface area contributed by atoms with Gasteiger partial charge in [0.15, 0.2) is 0 Å². The molecule has 0 bridgehead atoms. The molecule has 0 radical (unpaired) electrons. The maximum absolute atomic E-state index is 12.4. The number of para-hydroxylation sites is 1. The van der Waals surface area contributed by atoms with Crippen LogP contribution in [0.25, 0.3) is 0 Å². The number of carbonyl (C=O) groups excluding carboxylic acids is 2. The Balaban J connectivity index is 1.61. The van der Waals surface area contributed by atoms with Crippen molar-refractivity contribution in [3.05, 3.63) is 46.1 Å². The molecule has 1 unspecified atom stereocenters. The highest BCUT2D eigenvalue weighted by atomic mass is 16.5. The van der Waals surface area contributed by atoms with Gasteiger partial charge in [-0.2, -0.15) is 5.10 Å². The van der Waals surface area contributed by atoms with Gasteiger partial charge in [-0.1, -0.05) is 18.2 Å². The standard InChI is InChI=1S/C17H21N5O4/c1-26-13-5-3-2-4-11(13)9-22-10-12(6-7-15(22)23)16(24)18-8-14-19-17(25)21-20-14/h2-5,12H,6-10H2,1H3,(H,18,24)(H2,19,20,21,25). The molecule has 3 N–H and O–H groups in total. The molecule has 138 valence electrons. The highest BCUT2D eigenvalue weighted by Gasteiger charge is 2.30. The zero-order valence-electron chi connectivity index (χ0n) is 14.4. The molecule has 1 aromatic carbocycles. The molecule has 1 aliphatic rings. The van der Waals surface area contributed by atoms with Crippen LogP contribution in [0, 0.1) is 5.92 Å². The molecule has 0 aliphatic carbocycles. The first-order valence-electron chi connectivity index (χ1n) is 8.37. The first-order chi connectivity index (χ1) is 12.6. The summed E-state index contributed by atoms with van der Waals surface area (Å²) in [5, 5.41) is 8.74. The van der Waals surface area contributed by atoms with E-state index in [-0.39, 0.29) is 24.3 Å². The summed E-state index contributed by atoms with van der Waals surface area (Å²) in [7, 11) is 1.59. The van der Waals surface area contributed by atoms with Gasteiger partial charge in [0.05, 0.1) is 19.6 Å². The van der Waals surface area contributed by atoms with E-state index < -0.39 is 5.69 Å². The number of H-pyrrole nitrogens is 2. The van der Waals surface area contributed by atoms with E-state index in [1.54, 1.807) is 12.0 Å². The number of rotatable bonds is 6. The SMILES string of the molecule is COc1ccccc1CN1CC(C(=O)NCc2n[nH]c(=O)[nH]2)CCC1=O. The molecule has 9 nitrogen and oxygen atoms in total. The zero-order valence-corrected chi connectivity index (χ0v) is 14.4. The number of aromatic nitrogens is 3. The molecule has 1 aromatic heterocycles. The Hall–Kier alpha value is -3.10. The van der Waals surface area contributed by atoms with Crippen molar-refractivity contribution >= 4 is 11.8 Å². The number of benzene rings is 1. The van der Waals surface area contributed by atoms with Gasteiger partial charge in [-0.05, 0) is 12.5 Å². The maximum atomic E-state index is 12.4. The van der Waals surface area contributed by atoms with Crippen LogP contribution in [0.4, 0.5) is 0 Å². The van der Waals surface area contributed by atoms with Crippen molar-refractivity contribution in [1.29, 1.82) is 0 Å². The van der Waals surface area contributed by atoms with Gasteiger partial charge in [0.1, 0.15) is 11.6 Å². The average Bonchev–Trinajstić information content (AvgIpc) is 3.07. The lowest BCUT2D eigenvalue weighted by atomic mass is 9.96. The molecule has 0 saturated carbocycles. The lowest BCUT2D eigenvalue weighted by Crippen LogP contribution is -2.45. The van der Waals surface area contributed by atoms with Crippen LogP contribution in [0.1, 0.15) is 24.2 Å². The van der Waals surface area contributed by atoms with Crippen molar-refractivity contribution in [1.82, 2.24) is 25.4 Å². The van der Waals surface area contributed by atoms with E-state index in [0.717, 1.165) is 11.3 Å². The summed E-state index contributed by atoms with van der Waals surface area (Å²) in [6.45, 7) is 0.883. The van der Waals surface area contributed by atoms with E-state index in [4.69, 9.17) is 4.74 Å². The summed E-state index contributed by atoms with van der Waals surface area (Å²) in [5.41, 5.74) is 0.485. The number of hydrogen-bond donors (Lipinski definition) is 3. The number of nitrogens with one attached hydrogen (secondary N) is 3. The average molecular weight is 359 g/mol. The third-order valence-corrected chi connectivity index (χ3v) is 4.40. The van der Waals surface area contributed by atoms with Crippen LogP contribution >= 0.6 is 0 Å². The van der Waals surface area contributed by atoms with Crippen LogP contribution < -0.4 is 15.7 Å². The number of ether oxygens (including phenoxy) is 1. The Morgan fingerprint density at radius 1 is 1.38 bits per heavy atom. The smallest absolute Gasteiger partial charge is 0.340 e. The van der Waals surface area contributed by atoms with Crippen LogP contribution in [0.3, 0.4) is 0 Å². The highest BCUT2D eigenvalue weighted by Crippen LogP contribution is 2.24. The van der Waals surface area contributed by atoms with Crippen molar-refractivity contribution in [2.45, 2.75) is 25.9 Å². The molecule has 2 aromatic rings. The summed E-state index contributed by atoms with van der Waals surface area (Å²) in [6.07, 6.45) is 0.830. The van der Waals surface area contributed by atoms with Crippen molar-refractivity contribution in [3.63, 3.8) is 0 Å². The number of methoxy groups -OCH3 is 1. The van der Waals surface area contributed by atoms with E-state index >= 15 is 0 Å². The van der Waals surface area contributed by atoms with E-state index in [2.05, 4.69) is 20.5 Å². The molecule has 26 heavy (non-hydrogen) atoms. The van der Waals surface area contributed by atoms with Gasteiger partial charge in [-0.3, -0.25) is 14.6 Å². The first kappa shape index (κ1) is 17.7. The number of piperidine rings is 1. The molecule has 1 atom stereocenters. The predicted octanol–water partition coefficient (Wildman–Crippen LogP) is 0.162. The van der Waals surface area contributed by atoms with Crippen molar-refractivity contribution in [2.24, 2.45) is 5.92 Å². The summed E-state index contributed by atoms with van der Waals surface area (Å²) in [6, 6.07) is 7.51. The van der Waals surface area contributed by atoms with Gasteiger partial charge in [0.2, 0.25) is 11.8 Å². The number of amides is 2. The maximum Gasteiger partial charge on any atom is 0.340 e. The Morgan fingerprint density at radius 3 is 2.92 bits per heavy atom. The number of nitrogens with zero attached hydrogens (tertiary/aromatic N) is 2. The second kappa shape index (κ2) is 7.85. The minimum Gasteiger partial charge on any atom is -0.496 e. The fourth-order valence-electron chi connectivity index (χ4n) is 3.03. The zero-order chi connectivity index (χ0) is 18.5. The number of aromatic amines is 2. The molecule has 1 saturated heterocycles. The van der Waals surface area contributed by atoms with Crippen molar-refractivity contribution in [3.8, 4) is 5.75 Å². The Labute approximate surface area is 149 Å². The summed E-state index contributed by atoms with van der Waals surface area (Å²) in [4.78, 5) is 39.8. The van der Waals surface area contributed by atoms with Crippen LogP contribution in [-0.4, -0.2) is 45.6 Å². The van der Waals surface area contributed by atoms with E-state index in [1.807, 2.05) is 24.3 Å². The molecular formula is C17H21N5O4. The van der Waals surface area contributed by atoms with Crippen LogP contribution in [0.2, 0.25) is 0 Å². The normalized spacial score (nSPS) is 17.2. The Morgan fingerprint density at radius 2 is 2.19 bits per heavy atom. The van der Waals surface area contributed by atoms with E-state index in [1.165, 1.54) is 0 Å². The second-order valence-electron chi connectivity index (χ2n) is 6.16. The number of hydrogen-bond acceptors (Lipinski definition) is 5. The van der Waals surface area contributed by atoms with Crippen LogP contribution in [0.5, 0.6) is 5.75 Å². The molecule has 9 heteroatoms. The quantitative estimate of drug-likeness (QED) is 0.679. The number of carbonyl (C=O) groups is 2. The Kier molecular flexibility index (Phi) is 5.35. The van der Waals surface area contributed by atoms with Crippen molar-refractivity contribution < 1.29 is 14.3 Å². The lowest BCUT2D eigenvalue weighted by Gasteiger charge is -2.32.